The molecular formula is C15H17N3O3. The van der Waals surface area contributed by atoms with E-state index in [1.54, 1.807) is 44.2 Å². The number of anilines is 2. The van der Waals surface area contributed by atoms with Gasteiger partial charge in [0.25, 0.3) is 0 Å². The molecule has 2 N–H and O–H groups in total. The van der Waals surface area contributed by atoms with Crippen molar-refractivity contribution in [3.05, 3.63) is 36.0 Å². The van der Waals surface area contributed by atoms with Crippen molar-refractivity contribution in [3.8, 4) is 6.07 Å². The zero-order valence-corrected chi connectivity index (χ0v) is 12.0. The van der Waals surface area contributed by atoms with Crippen molar-refractivity contribution in [3.63, 3.8) is 0 Å². The van der Waals surface area contributed by atoms with Gasteiger partial charge in [-0.25, -0.2) is 4.79 Å². The van der Waals surface area contributed by atoms with Gasteiger partial charge in [-0.2, -0.15) is 5.26 Å². The van der Waals surface area contributed by atoms with Crippen molar-refractivity contribution in [2.24, 2.45) is 0 Å². The Bertz CT molecular complexity index is 588. The number of rotatable bonds is 6. The molecule has 0 saturated heterocycles. The molecule has 0 aromatic heterocycles. The van der Waals surface area contributed by atoms with Crippen LogP contribution in [0.4, 0.5) is 11.4 Å². The number of hydrogen-bond acceptors (Lipinski definition) is 5. The van der Waals surface area contributed by atoms with Gasteiger partial charge in [-0.05, 0) is 25.1 Å². The molecule has 1 amide bonds. The quantitative estimate of drug-likeness (QED) is 0.476. The fourth-order valence-electron chi connectivity index (χ4n) is 1.44. The van der Waals surface area contributed by atoms with Gasteiger partial charge in [0.15, 0.2) is 5.57 Å². The summed E-state index contributed by atoms with van der Waals surface area (Å²) in [6.07, 6.45) is 1.66. The van der Waals surface area contributed by atoms with Crippen LogP contribution in [0.2, 0.25) is 0 Å². The molecule has 21 heavy (non-hydrogen) atoms. The molecule has 0 fully saturated rings. The van der Waals surface area contributed by atoms with Gasteiger partial charge >= 0.3 is 5.97 Å². The second kappa shape index (κ2) is 8.38. The van der Waals surface area contributed by atoms with Gasteiger partial charge in [-0.15, -0.1) is 0 Å². The third-order valence-corrected chi connectivity index (χ3v) is 2.47. The first kappa shape index (κ1) is 16.2. The Labute approximate surface area is 123 Å². The smallest absolute Gasteiger partial charge is 0.350 e. The topological polar surface area (TPSA) is 91.2 Å². The van der Waals surface area contributed by atoms with Crippen LogP contribution in [0.25, 0.3) is 0 Å². The van der Waals surface area contributed by atoms with Crippen molar-refractivity contribution in [2.75, 3.05) is 17.2 Å². The van der Waals surface area contributed by atoms with E-state index in [1.165, 1.54) is 6.20 Å². The number of esters is 1. The molecule has 1 rings (SSSR count). The molecule has 0 saturated carbocycles. The van der Waals surface area contributed by atoms with E-state index in [0.29, 0.717) is 17.8 Å². The van der Waals surface area contributed by atoms with Gasteiger partial charge < -0.3 is 15.4 Å². The molecule has 0 aliphatic carbocycles. The number of hydrogen-bond donors (Lipinski definition) is 2. The normalized spacial score (nSPS) is 10.4. The second-order valence-corrected chi connectivity index (χ2v) is 4.02. The van der Waals surface area contributed by atoms with Crippen LogP contribution >= 0.6 is 0 Å². The van der Waals surface area contributed by atoms with Gasteiger partial charge in [0.1, 0.15) is 6.07 Å². The van der Waals surface area contributed by atoms with Crippen molar-refractivity contribution in [1.82, 2.24) is 0 Å². The first-order valence-electron chi connectivity index (χ1n) is 6.54. The summed E-state index contributed by atoms with van der Waals surface area (Å²) in [5.74, 6) is -0.769. The number of carbonyl (C=O) groups excluding carboxylic acids is 2. The van der Waals surface area contributed by atoms with Gasteiger partial charge in [0.2, 0.25) is 5.91 Å². The summed E-state index contributed by atoms with van der Waals surface area (Å²) in [4.78, 5) is 22.8. The maximum absolute atomic E-state index is 11.4. The zero-order chi connectivity index (χ0) is 15.7. The van der Waals surface area contributed by atoms with Crippen LogP contribution in [0.3, 0.4) is 0 Å². The van der Waals surface area contributed by atoms with E-state index in [-0.39, 0.29) is 18.1 Å². The molecule has 6 heteroatoms. The van der Waals surface area contributed by atoms with Crippen LogP contribution in [-0.2, 0) is 14.3 Å². The SMILES string of the molecule is CCOC(=O)/C(C#N)=C/Nc1cccc(NC(=O)CC)c1. The lowest BCUT2D eigenvalue weighted by Crippen LogP contribution is -2.09. The third-order valence-electron chi connectivity index (χ3n) is 2.47. The zero-order valence-electron chi connectivity index (χ0n) is 12.0. The Balaban J connectivity index is 2.79. The summed E-state index contributed by atoms with van der Waals surface area (Å²) in [6, 6.07) is 8.71. The molecule has 0 spiro atoms. The highest BCUT2D eigenvalue weighted by molar-refractivity contribution is 5.93. The Hall–Kier alpha value is -2.81. The summed E-state index contributed by atoms with van der Waals surface area (Å²) in [5, 5.41) is 14.4. The first-order valence-corrected chi connectivity index (χ1v) is 6.54. The number of nitrogens with zero attached hydrogens (tertiary/aromatic N) is 1. The van der Waals surface area contributed by atoms with Gasteiger partial charge in [-0.3, -0.25) is 4.79 Å². The van der Waals surface area contributed by atoms with Crippen LogP contribution in [-0.4, -0.2) is 18.5 Å². The highest BCUT2D eigenvalue weighted by Gasteiger charge is 2.09. The molecule has 0 aliphatic rings. The van der Waals surface area contributed by atoms with E-state index in [9.17, 15) is 9.59 Å². The number of amides is 1. The molecule has 110 valence electrons. The van der Waals surface area contributed by atoms with Gasteiger partial charge in [-0.1, -0.05) is 13.0 Å². The van der Waals surface area contributed by atoms with E-state index in [1.807, 2.05) is 0 Å². The largest absolute Gasteiger partial charge is 0.462 e. The van der Waals surface area contributed by atoms with E-state index >= 15 is 0 Å². The molecular weight excluding hydrogens is 270 g/mol. The molecule has 1 aromatic carbocycles. The summed E-state index contributed by atoms with van der Waals surface area (Å²) >= 11 is 0. The summed E-state index contributed by atoms with van der Waals surface area (Å²) in [6.45, 7) is 3.63. The van der Waals surface area contributed by atoms with Crippen LogP contribution < -0.4 is 10.6 Å². The minimum Gasteiger partial charge on any atom is -0.462 e. The number of nitrogens with one attached hydrogen (secondary N) is 2. The Morgan fingerprint density at radius 1 is 1.33 bits per heavy atom. The van der Waals surface area contributed by atoms with Gasteiger partial charge in [0, 0.05) is 24.0 Å². The average molecular weight is 287 g/mol. The van der Waals surface area contributed by atoms with E-state index in [2.05, 4.69) is 10.6 Å². The van der Waals surface area contributed by atoms with Crippen LogP contribution in [0, 0.1) is 11.3 Å². The standard InChI is InChI=1S/C15H17N3O3/c1-3-14(19)18-13-7-5-6-12(8-13)17-10-11(9-16)15(20)21-4-2/h5-8,10,17H,3-4H2,1-2H3,(H,18,19)/b11-10+. The Kier molecular flexibility index (Phi) is 6.48. The molecule has 0 radical (unpaired) electrons. The number of carbonyl (C=O) groups is 2. The number of benzene rings is 1. The van der Waals surface area contributed by atoms with Crippen molar-refractivity contribution >= 4 is 23.3 Å². The third kappa shape index (κ3) is 5.37. The first-order chi connectivity index (χ1) is 10.1. The molecule has 0 heterocycles. The van der Waals surface area contributed by atoms with E-state index < -0.39 is 5.97 Å². The second-order valence-electron chi connectivity index (χ2n) is 4.02. The van der Waals surface area contributed by atoms with Crippen LogP contribution in [0.15, 0.2) is 36.0 Å². The maximum atomic E-state index is 11.4. The summed E-state index contributed by atoms with van der Waals surface area (Å²) < 4.78 is 4.75. The lowest BCUT2D eigenvalue weighted by atomic mass is 10.2. The average Bonchev–Trinajstić information content (AvgIpc) is 2.48. The maximum Gasteiger partial charge on any atom is 0.350 e. The van der Waals surface area contributed by atoms with Crippen LogP contribution in [0.1, 0.15) is 20.3 Å². The summed E-state index contributed by atoms with van der Waals surface area (Å²) in [5.41, 5.74) is 1.15. The molecule has 0 unspecified atom stereocenters. The van der Waals surface area contributed by atoms with Crippen molar-refractivity contribution in [2.45, 2.75) is 20.3 Å². The van der Waals surface area contributed by atoms with Crippen molar-refractivity contribution in [1.29, 1.82) is 5.26 Å². The number of nitriles is 1. The van der Waals surface area contributed by atoms with E-state index in [4.69, 9.17) is 10.00 Å². The predicted octanol–water partition coefficient (Wildman–Crippen LogP) is 2.42. The fourth-order valence-corrected chi connectivity index (χ4v) is 1.44. The van der Waals surface area contributed by atoms with E-state index in [0.717, 1.165) is 0 Å². The number of ether oxygens (including phenoxy) is 1. The molecule has 1 aromatic rings. The molecule has 0 bridgehead atoms. The lowest BCUT2D eigenvalue weighted by molar-refractivity contribution is -0.138. The molecule has 6 nitrogen and oxygen atoms in total. The Morgan fingerprint density at radius 2 is 2.05 bits per heavy atom. The lowest BCUT2D eigenvalue weighted by Gasteiger charge is -2.07. The van der Waals surface area contributed by atoms with Crippen LogP contribution in [0.5, 0.6) is 0 Å². The minimum atomic E-state index is -0.678. The monoisotopic (exact) mass is 287 g/mol. The molecule has 0 aliphatic heterocycles. The van der Waals surface area contributed by atoms with Gasteiger partial charge in [0.05, 0.1) is 6.61 Å². The molecule has 0 atom stereocenters. The summed E-state index contributed by atoms with van der Waals surface area (Å²) in [7, 11) is 0. The van der Waals surface area contributed by atoms with Crippen molar-refractivity contribution < 1.29 is 14.3 Å². The highest BCUT2D eigenvalue weighted by Crippen LogP contribution is 2.15. The Morgan fingerprint density at radius 3 is 2.67 bits per heavy atom. The predicted molar refractivity (Wildman–Crippen MR) is 79.3 cm³/mol. The minimum absolute atomic E-state index is 0.0908. The fraction of sp³-hybridized carbons (Fsp3) is 0.267. The highest BCUT2D eigenvalue weighted by atomic mass is 16.5.